The van der Waals surface area contributed by atoms with Crippen LogP contribution in [0.15, 0.2) is 71.5 Å². The Hall–Kier alpha value is -3.41. The monoisotopic (exact) mass is 377 g/mol. The Kier molecular flexibility index (Phi) is 6.22. The maximum atomic E-state index is 12.7. The number of carbonyl (C=O) groups excluding carboxylic acids is 1. The van der Waals surface area contributed by atoms with Gasteiger partial charge in [-0.15, -0.1) is 0 Å². The lowest BCUT2D eigenvalue weighted by molar-refractivity contribution is 0.0928. The predicted octanol–water partition coefficient (Wildman–Crippen LogP) is 3.18. The van der Waals surface area contributed by atoms with Gasteiger partial charge in [0.2, 0.25) is 0 Å². The van der Waals surface area contributed by atoms with E-state index in [0.29, 0.717) is 6.54 Å². The molecular weight excluding hydrogens is 354 g/mol. The molecule has 0 saturated heterocycles. The van der Waals surface area contributed by atoms with Crippen LogP contribution in [0.3, 0.4) is 0 Å². The number of nitrogens with one attached hydrogen (secondary N) is 1. The molecule has 3 rings (SSSR count). The molecule has 0 unspecified atom stereocenters. The number of hydrogen-bond donors (Lipinski definition) is 1. The number of nitrogens with zero attached hydrogens (tertiary/aromatic N) is 2. The zero-order valence-corrected chi connectivity index (χ0v) is 16.0. The van der Waals surface area contributed by atoms with Crippen molar-refractivity contribution in [2.45, 2.75) is 25.9 Å². The van der Waals surface area contributed by atoms with E-state index in [1.165, 1.54) is 16.8 Å². The fourth-order valence-corrected chi connectivity index (χ4v) is 2.93. The highest BCUT2D eigenvalue weighted by Gasteiger charge is 2.16. The number of aromatic nitrogens is 2. The second-order valence-electron chi connectivity index (χ2n) is 6.41. The normalized spacial score (nSPS) is 11.6. The minimum atomic E-state index is -0.315. The summed E-state index contributed by atoms with van der Waals surface area (Å²) in [5, 5.41) is 7.24. The molecule has 0 aliphatic rings. The molecule has 0 saturated carbocycles. The Morgan fingerprint density at radius 3 is 2.43 bits per heavy atom. The number of benzene rings is 2. The quantitative estimate of drug-likeness (QED) is 0.686. The van der Waals surface area contributed by atoms with E-state index in [1.54, 1.807) is 7.11 Å². The van der Waals surface area contributed by atoms with E-state index >= 15 is 0 Å². The zero-order valence-electron chi connectivity index (χ0n) is 16.0. The molecule has 1 heterocycles. The van der Waals surface area contributed by atoms with Crippen LogP contribution in [0.25, 0.3) is 0 Å². The molecule has 0 aliphatic carbocycles. The van der Waals surface area contributed by atoms with Crippen molar-refractivity contribution in [1.29, 1.82) is 0 Å². The predicted molar refractivity (Wildman–Crippen MR) is 108 cm³/mol. The molecule has 0 aliphatic heterocycles. The first-order valence-corrected chi connectivity index (χ1v) is 9.17. The summed E-state index contributed by atoms with van der Waals surface area (Å²) in [5.41, 5.74) is 1.89. The molecule has 6 heteroatoms. The average molecular weight is 377 g/mol. The first-order chi connectivity index (χ1) is 13.6. The van der Waals surface area contributed by atoms with Gasteiger partial charge in [0.15, 0.2) is 0 Å². The van der Waals surface area contributed by atoms with Gasteiger partial charge >= 0.3 is 0 Å². The highest BCUT2D eigenvalue weighted by molar-refractivity contribution is 5.92. The zero-order chi connectivity index (χ0) is 19.9. The summed E-state index contributed by atoms with van der Waals surface area (Å²) in [6.45, 7) is 2.31. The van der Waals surface area contributed by atoms with E-state index in [9.17, 15) is 9.59 Å². The third-order valence-electron chi connectivity index (χ3n) is 4.51. The van der Waals surface area contributed by atoms with Gasteiger partial charge < -0.3 is 10.1 Å². The molecule has 1 atom stereocenters. The van der Waals surface area contributed by atoms with Crippen molar-refractivity contribution in [1.82, 2.24) is 15.1 Å². The maximum absolute atomic E-state index is 12.7. The SMILES string of the molecule is CC[C@@H](NC(=O)c1ccc(=O)n(Cc2ccccc2)n1)c1ccc(OC)cc1. The van der Waals surface area contributed by atoms with Gasteiger partial charge in [0.25, 0.3) is 11.5 Å². The lowest BCUT2D eigenvalue weighted by Crippen LogP contribution is -2.32. The van der Waals surface area contributed by atoms with E-state index in [0.717, 1.165) is 23.3 Å². The Morgan fingerprint density at radius 2 is 1.79 bits per heavy atom. The summed E-state index contributed by atoms with van der Waals surface area (Å²) >= 11 is 0. The summed E-state index contributed by atoms with van der Waals surface area (Å²) < 4.78 is 6.48. The van der Waals surface area contributed by atoms with Crippen LogP contribution in [0.2, 0.25) is 0 Å². The number of hydrogen-bond acceptors (Lipinski definition) is 4. The van der Waals surface area contributed by atoms with Crippen molar-refractivity contribution >= 4 is 5.91 Å². The van der Waals surface area contributed by atoms with Crippen LogP contribution in [0, 0.1) is 0 Å². The molecular formula is C22H23N3O3. The van der Waals surface area contributed by atoms with Crippen molar-refractivity contribution in [3.63, 3.8) is 0 Å². The molecule has 3 aromatic rings. The highest BCUT2D eigenvalue weighted by Crippen LogP contribution is 2.20. The number of amides is 1. The third-order valence-corrected chi connectivity index (χ3v) is 4.51. The van der Waals surface area contributed by atoms with Gasteiger partial charge in [0, 0.05) is 6.07 Å². The Labute approximate surface area is 163 Å². The van der Waals surface area contributed by atoms with E-state index in [4.69, 9.17) is 4.74 Å². The van der Waals surface area contributed by atoms with Crippen molar-refractivity contribution in [2.75, 3.05) is 7.11 Å². The second kappa shape index (κ2) is 8.99. The molecule has 28 heavy (non-hydrogen) atoms. The van der Waals surface area contributed by atoms with E-state index < -0.39 is 0 Å². The summed E-state index contributed by atoms with van der Waals surface area (Å²) in [5.74, 6) is 0.448. The molecule has 1 amide bonds. The van der Waals surface area contributed by atoms with Crippen LogP contribution >= 0.6 is 0 Å². The van der Waals surface area contributed by atoms with Crippen LogP contribution in [0.4, 0.5) is 0 Å². The Bertz CT molecular complexity index is 982. The van der Waals surface area contributed by atoms with Gasteiger partial charge in [0.1, 0.15) is 11.4 Å². The van der Waals surface area contributed by atoms with E-state index in [2.05, 4.69) is 10.4 Å². The summed E-state index contributed by atoms with van der Waals surface area (Å²) in [6, 6.07) is 19.8. The number of rotatable bonds is 7. The summed E-state index contributed by atoms with van der Waals surface area (Å²) in [6.07, 6.45) is 0.724. The number of methoxy groups -OCH3 is 1. The number of carbonyl (C=O) groups is 1. The van der Waals surface area contributed by atoms with Crippen LogP contribution in [0.5, 0.6) is 5.75 Å². The minimum absolute atomic E-state index is 0.158. The summed E-state index contributed by atoms with van der Waals surface area (Å²) in [7, 11) is 1.62. The molecule has 1 aromatic heterocycles. The fourth-order valence-electron chi connectivity index (χ4n) is 2.93. The van der Waals surface area contributed by atoms with Crippen LogP contribution in [-0.2, 0) is 6.54 Å². The maximum Gasteiger partial charge on any atom is 0.272 e. The third kappa shape index (κ3) is 4.65. The van der Waals surface area contributed by atoms with Crippen LogP contribution in [-0.4, -0.2) is 22.8 Å². The standard InChI is InChI=1S/C22H23N3O3/c1-3-19(17-9-11-18(28-2)12-10-17)23-22(27)20-13-14-21(26)25(24-20)15-16-7-5-4-6-8-16/h4-14,19H,3,15H2,1-2H3,(H,23,27)/t19-/m1/s1. The largest absolute Gasteiger partial charge is 0.497 e. The molecule has 144 valence electrons. The van der Waals surface area contributed by atoms with E-state index in [1.807, 2.05) is 61.5 Å². The van der Waals surface area contributed by atoms with Gasteiger partial charge in [-0.1, -0.05) is 49.4 Å². The molecule has 0 fully saturated rings. The molecule has 0 bridgehead atoms. The molecule has 6 nitrogen and oxygen atoms in total. The fraction of sp³-hybridized carbons (Fsp3) is 0.227. The Balaban J connectivity index is 1.77. The minimum Gasteiger partial charge on any atom is -0.497 e. The lowest BCUT2D eigenvalue weighted by atomic mass is 10.0. The van der Waals surface area contributed by atoms with Gasteiger partial charge in [-0.2, -0.15) is 5.10 Å². The molecule has 0 radical (unpaired) electrons. The van der Waals surface area contributed by atoms with Gasteiger partial charge in [-0.3, -0.25) is 9.59 Å². The number of ether oxygens (including phenoxy) is 1. The van der Waals surface area contributed by atoms with Crippen LogP contribution in [0.1, 0.15) is 41.0 Å². The van der Waals surface area contributed by atoms with E-state index in [-0.39, 0.29) is 23.2 Å². The molecule has 0 spiro atoms. The van der Waals surface area contributed by atoms with Crippen molar-refractivity contribution in [3.8, 4) is 5.75 Å². The van der Waals surface area contributed by atoms with Gasteiger partial charge in [-0.05, 0) is 35.7 Å². The van der Waals surface area contributed by atoms with Crippen molar-refractivity contribution in [2.24, 2.45) is 0 Å². The van der Waals surface area contributed by atoms with Gasteiger partial charge in [0.05, 0.1) is 19.7 Å². The highest BCUT2D eigenvalue weighted by atomic mass is 16.5. The first kappa shape index (κ1) is 19.4. The average Bonchev–Trinajstić information content (AvgIpc) is 2.74. The second-order valence-corrected chi connectivity index (χ2v) is 6.41. The summed E-state index contributed by atoms with van der Waals surface area (Å²) in [4.78, 5) is 24.8. The van der Waals surface area contributed by atoms with Gasteiger partial charge in [-0.25, -0.2) is 4.68 Å². The smallest absolute Gasteiger partial charge is 0.272 e. The topological polar surface area (TPSA) is 73.2 Å². The molecule has 2 aromatic carbocycles. The first-order valence-electron chi connectivity index (χ1n) is 9.17. The van der Waals surface area contributed by atoms with Crippen molar-refractivity contribution in [3.05, 3.63) is 93.9 Å². The Morgan fingerprint density at radius 1 is 1.07 bits per heavy atom. The van der Waals surface area contributed by atoms with Crippen molar-refractivity contribution < 1.29 is 9.53 Å². The lowest BCUT2D eigenvalue weighted by Gasteiger charge is -2.18. The molecule has 1 N–H and O–H groups in total. The van der Waals surface area contributed by atoms with Crippen LogP contribution < -0.4 is 15.6 Å².